The first-order chi connectivity index (χ1) is 10.6. The number of carbonyl (C=O) groups excluding carboxylic acids is 2. The maximum Gasteiger partial charge on any atom is 0.260 e. The summed E-state index contributed by atoms with van der Waals surface area (Å²) in [6.07, 6.45) is 2.25. The first-order valence-electron chi connectivity index (χ1n) is 7.43. The highest BCUT2D eigenvalue weighted by atomic mass is 35.5. The Morgan fingerprint density at radius 3 is 2.86 bits per heavy atom. The third-order valence-electron chi connectivity index (χ3n) is 4.27. The number of hydrogen-bond acceptors (Lipinski definition) is 4. The Kier molecular flexibility index (Phi) is 4.36. The van der Waals surface area contributed by atoms with Crippen LogP contribution in [0.4, 0.5) is 0 Å². The molecule has 2 fully saturated rings. The van der Waals surface area contributed by atoms with E-state index in [1.165, 1.54) is 4.90 Å². The van der Waals surface area contributed by atoms with Gasteiger partial charge in [0.05, 0.1) is 11.6 Å². The van der Waals surface area contributed by atoms with Gasteiger partial charge >= 0.3 is 0 Å². The number of carbonyl (C=O) groups is 2. The van der Waals surface area contributed by atoms with Gasteiger partial charge < -0.3 is 14.4 Å². The maximum absolute atomic E-state index is 12.3. The number of ether oxygens (including phenoxy) is 2. The summed E-state index contributed by atoms with van der Waals surface area (Å²) < 4.78 is 11.1. The highest BCUT2D eigenvalue weighted by Crippen LogP contribution is 2.33. The molecule has 0 aromatic heterocycles. The van der Waals surface area contributed by atoms with Gasteiger partial charge in [0.2, 0.25) is 0 Å². The molecule has 2 aliphatic heterocycles. The van der Waals surface area contributed by atoms with Crippen molar-refractivity contribution >= 4 is 23.3 Å². The van der Waals surface area contributed by atoms with Gasteiger partial charge in [0.25, 0.3) is 5.91 Å². The molecule has 0 N–H and O–H groups in total. The third kappa shape index (κ3) is 2.96. The Morgan fingerprint density at radius 1 is 1.36 bits per heavy atom. The van der Waals surface area contributed by atoms with Gasteiger partial charge in [-0.15, -0.1) is 0 Å². The van der Waals surface area contributed by atoms with E-state index >= 15 is 0 Å². The van der Waals surface area contributed by atoms with E-state index in [2.05, 4.69) is 0 Å². The summed E-state index contributed by atoms with van der Waals surface area (Å²) in [5.41, 5.74) is -0.639. The molecule has 6 heteroatoms. The first kappa shape index (κ1) is 15.3. The molecular weight excluding hydrogens is 306 g/mol. The molecule has 118 valence electrons. The van der Waals surface area contributed by atoms with Crippen LogP contribution in [-0.2, 0) is 14.3 Å². The minimum atomic E-state index is -0.639. The zero-order chi connectivity index (χ0) is 15.6. The average Bonchev–Trinajstić information content (AvgIpc) is 2.99. The number of halogens is 1. The van der Waals surface area contributed by atoms with Crippen LogP contribution in [0.5, 0.6) is 5.75 Å². The zero-order valence-corrected chi connectivity index (χ0v) is 13.0. The van der Waals surface area contributed by atoms with Gasteiger partial charge in [-0.2, -0.15) is 0 Å². The fourth-order valence-electron chi connectivity index (χ4n) is 2.97. The van der Waals surface area contributed by atoms with E-state index in [9.17, 15) is 9.59 Å². The Balaban J connectivity index is 1.55. The van der Waals surface area contributed by atoms with E-state index in [0.29, 0.717) is 30.3 Å². The van der Waals surface area contributed by atoms with Crippen molar-refractivity contribution in [1.29, 1.82) is 0 Å². The summed E-state index contributed by atoms with van der Waals surface area (Å²) >= 11 is 5.98. The Morgan fingerprint density at radius 2 is 2.18 bits per heavy atom. The second-order valence-electron chi connectivity index (χ2n) is 5.65. The molecule has 22 heavy (non-hydrogen) atoms. The molecule has 1 aromatic carbocycles. The standard InChI is InChI=1S/C16H18ClNO4/c17-12-4-1-2-5-13(12)21-11-15(20)18-8-7-16(14(19)10-18)6-3-9-22-16/h1-2,4-5H,3,6-11H2/t16-/m1/s1. The van der Waals surface area contributed by atoms with Gasteiger partial charge in [-0.25, -0.2) is 0 Å². The minimum Gasteiger partial charge on any atom is -0.482 e. The molecule has 0 aliphatic carbocycles. The summed E-state index contributed by atoms with van der Waals surface area (Å²) in [5.74, 6) is 0.264. The smallest absolute Gasteiger partial charge is 0.260 e. The number of ketones is 1. The molecule has 3 rings (SSSR count). The largest absolute Gasteiger partial charge is 0.482 e. The number of rotatable bonds is 3. The van der Waals surface area contributed by atoms with Crippen LogP contribution in [0.25, 0.3) is 0 Å². The van der Waals surface area contributed by atoms with E-state index in [-0.39, 0.29) is 24.8 Å². The van der Waals surface area contributed by atoms with Crippen LogP contribution >= 0.6 is 11.6 Å². The molecule has 0 bridgehead atoms. The summed E-state index contributed by atoms with van der Waals surface area (Å²) in [6, 6.07) is 6.99. The molecule has 1 aromatic rings. The molecule has 2 saturated heterocycles. The number of Topliss-reactive ketones (excluding diaryl/α,β-unsaturated/α-hetero) is 1. The lowest BCUT2D eigenvalue weighted by atomic mass is 9.87. The van der Waals surface area contributed by atoms with Gasteiger partial charge in [0, 0.05) is 19.6 Å². The highest BCUT2D eigenvalue weighted by molar-refractivity contribution is 6.32. The van der Waals surface area contributed by atoms with Crippen LogP contribution in [-0.4, -0.2) is 48.5 Å². The van der Waals surface area contributed by atoms with Gasteiger partial charge in [-0.3, -0.25) is 9.59 Å². The van der Waals surface area contributed by atoms with E-state index in [4.69, 9.17) is 21.1 Å². The zero-order valence-electron chi connectivity index (χ0n) is 12.2. The third-order valence-corrected chi connectivity index (χ3v) is 4.58. The van der Waals surface area contributed by atoms with Crippen molar-refractivity contribution in [2.24, 2.45) is 0 Å². The number of amides is 1. The molecule has 2 aliphatic rings. The summed E-state index contributed by atoms with van der Waals surface area (Å²) in [7, 11) is 0. The molecule has 2 heterocycles. The summed E-state index contributed by atoms with van der Waals surface area (Å²) in [6.45, 7) is 1.14. The number of benzene rings is 1. The predicted molar refractivity (Wildman–Crippen MR) is 81.1 cm³/mol. The lowest BCUT2D eigenvalue weighted by Gasteiger charge is -2.37. The number of nitrogens with zero attached hydrogens (tertiary/aromatic N) is 1. The summed E-state index contributed by atoms with van der Waals surface area (Å²) in [4.78, 5) is 26.0. The van der Waals surface area contributed by atoms with Crippen LogP contribution in [0.3, 0.4) is 0 Å². The Hall–Kier alpha value is -1.59. The van der Waals surface area contributed by atoms with Crippen LogP contribution in [0.15, 0.2) is 24.3 Å². The van der Waals surface area contributed by atoms with Gasteiger partial charge in [-0.05, 0) is 25.0 Å². The second kappa shape index (κ2) is 6.26. The molecule has 5 nitrogen and oxygen atoms in total. The van der Waals surface area contributed by atoms with Crippen molar-refractivity contribution in [2.45, 2.75) is 24.9 Å². The number of piperidine rings is 1. The number of para-hydroxylation sites is 1. The van der Waals surface area contributed by atoms with Crippen molar-refractivity contribution in [2.75, 3.05) is 26.3 Å². The number of likely N-dealkylation sites (tertiary alicyclic amines) is 1. The quantitative estimate of drug-likeness (QED) is 0.854. The van der Waals surface area contributed by atoms with Crippen LogP contribution < -0.4 is 4.74 Å². The predicted octanol–water partition coefficient (Wildman–Crippen LogP) is 2.07. The average molecular weight is 324 g/mol. The molecule has 1 amide bonds. The van der Waals surface area contributed by atoms with E-state index in [1.54, 1.807) is 24.3 Å². The monoisotopic (exact) mass is 323 g/mol. The Labute approximate surface area is 134 Å². The molecule has 1 atom stereocenters. The van der Waals surface area contributed by atoms with E-state index < -0.39 is 5.60 Å². The van der Waals surface area contributed by atoms with E-state index in [0.717, 1.165) is 12.8 Å². The molecule has 0 saturated carbocycles. The van der Waals surface area contributed by atoms with Crippen molar-refractivity contribution < 1.29 is 19.1 Å². The lowest BCUT2D eigenvalue weighted by Crippen LogP contribution is -2.54. The topological polar surface area (TPSA) is 55.8 Å². The fourth-order valence-corrected chi connectivity index (χ4v) is 3.16. The van der Waals surface area contributed by atoms with Crippen LogP contribution in [0.2, 0.25) is 5.02 Å². The van der Waals surface area contributed by atoms with Crippen molar-refractivity contribution in [3.05, 3.63) is 29.3 Å². The van der Waals surface area contributed by atoms with Crippen LogP contribution in [0.1, 0.15) is 19.3 Å². The molecule has 1 spiro atoms. The molecular formula is C16H18ClNO4. The maximum atomic E-state index is 12.3. The summed E-state index contributed by atoms with van der Waals surface area (Å²) in [5, 5.41) is 0.461. The van der Waals surface area contributed by atoms with Gasteiger partial charge in [-0.1, -0.05) is 23.7 Å². The molecule has 0 radical (unpaired) electrons. The molecule has 0 unspecified atom stereocenters. The van der Waals surface area contributed by atoms with Crippen LogP contribution in [0, 0.1) is 0 Å². The highest BCUT2D eigenvalue weighted by Gasteiger charge is 2.46. The second-order valence-corrected chi connectivity index (χ2v) is 6.06. The number of hydrogen-bond donors (Lipinski definition) is 0. The van der Waals surface area contributed by atoms with Crippen molar-refractivity contribution in [3.8, 4) is 5.75 Å². The van der Waals surface area contributed by atoms with Gasteiger partial charge in [0.15, 0.2) is 12.4 Å². The van der Waals surface area contributed by atoms with Gasteiger partial charge in [0.1, 0.15) is 11.4 Å². The first-order valence-corrected chi connectivity index (χ1v) is 7.81. The Bertz CT molecular complexity index is 583. The minimum absolute atomic E-state index is 0.00217. The van der Waals surface area contributed by atoms with Crippen molar-refractivity contribution in [1.82, 2.24) is 4.90 Å². The normalized spacial score (nSPS) is 24.8. The van der Waals surface area contributed by atoms with Crippen molar-refractivity contribution in [3.63, 3.8) is 0 Å². The lowest BCUT2D eigenvalue weighted by molar-refractivity contribution is -0.153. The van der Waals surface area contributed by atoms with E-state index in [1.807, 2.05) is 0 Å². The SMILES string of the molecule is O=C(COc1ccccc1Cl)N1CC[C@]2(CCCO2)C(=O)C1. The fraction of sp³-hybridized carbons (Fsp3) is 0.500.